The molecule has 27 valence electrons. The first kappa shape index (κ1) is 2.66. The molecule has 1 aliphatic rings. The fourth-order valence-electron chi connectivity index (χ4n) is 0.161. The van der Waals surface area contributed by atoms with Crippen molar-refractivity contribution in [2.24, 2.45) is 4.99 Å². The molecular formula is C2H3N2O. The van der Waals surface area contributed by atoms with Crippen LogP contribution < -0.4 is 5.48 Å². The van der Waals surface area contributed by atoms with Crippen molar-refractivity contribution in [2.45, 2.75) is 0 Å². The largest absolute Gasteiger partial charge is 0.251 e. The fourth-order valence-corrected chi connectivity index (χ4v) is 0.161. The highest BCUT2D eigenvalue weighted by molar-refractivity contribution is 5.53. The van der Waals surface area contributed by atoms with Crippen LogP contribution in [0.25, 0.3) is 0 Å². The van der Waals surface area contributed by atoms with Crippen LogP contribution in [0.5, 0.6) is 0 Å². The van der Waals surface area contributed by atoms with Crippen molar-refractivity contribution in [3.63, 3.8) is 0 Å². The van der Waals surface area contributed by atoms with Gasteiger partial charge in [0.1, 0.15) is 0 Å². The highest BCUT2D eigenvalue weighted by Crippen LogP contribution is 1.71. The molecule has 0 saturated carbocycles. The lowest BCUT2D eigenvalue weighted by Gasteiger charge is -1.78. The molecule has 0 aliphatic carbocycles. The Morgan fingerprint density at radius 1 is 2.00 bits per heavy atom. The SMILES string of the molecule is [C]1=NCON1. The summed E-state index contributed by atoms with van der Waals surface area (Å²) in [6, 6.07) is 0. The lowest BCUT2D eigenvalue weighted by molar-refractivity contribution is 0.117. The van der Waals surface area contributed by atoms with E-state index >= 15 is 0 Å². The fraction of sp³-hybridized carbons (Fsp3) is 0.500. The molecule has 0 fully saturated rings. The topological polar surface area (TPSA) is 33.6 Å². The Bertz CT molecular complexity index is 45.6. The zero-order valence-corrected chi connectivity index (χ0v) is 2.56. The average Bonchev–Trinajstić information content (AvgIpc) is 1.76. The van der Waals surface area contributed by atoms with Crippen molar-refractivity contribution in [1.82, 2.24) is 5.48 Å². The van der Waals surface area contributed by atoms with Gasteiger partial charge in [0.05, 0.1) is 0 Å². The third kappa shape index (κ3) is 0.357. The maximum atomic E-state index is 4.42. The summed E-state index contributed by atoms with van der Waals surface area (Å²) in [5.41, 5.74) is 2.31. The van der Waals surface area contributed by atoms with Gasteiger partial charge in [-0.15, -0.1) is 0 Å². The number of hydroxylamine groups is 1. The number of nitrogens with one attached hydrogen (secondary N) is 1. The molecule has 0 amide bonds. The Kier molecular flexibility index (Phi) is 0.548. The summed E-state index contributed by atoms with van der Waals surface area (Å²) in [6.45, 7) is 0.403. The smallest absolute Gasteiger partial charge is 0.192 e. The highest BCUT2D eigenvalue weighted by Gasteiger charge is 1.83. The van der Waals surface area contributed by atoms with Gasteiger partial charge in [0.15, 0.2) is 13.1 Å². The van der Waals surface area contributed by atoms with Crippen molar-refractivity contribution < 1.29 is 4.84 Å². The molecule has 1 N–H and O–H groups in total. The Morgan fingerprint density at radius 2 is 3.00 bits per heavy atom. The van der Waals surface area contributed by atoms with Crippen molar-refractivity contribution in [2.75, 3.05) is 6.73 Å². The maximum absolute atomic E-state index is 4.42. The molecule has 3 nitrogen and oxygen atoms in total. The zero-order chi connectivity index (χ0) is 3.54. The second-order valence-corrected chi connectivity index (χ2v) is 0.645. The van der Waals surface area contributed by atoms with Crippen LogP contribution in [0.3, 0.4) is 0 Å². The Hall–Kier alpha value is -0.570. The van der Waals surface area contributed by atoms with E-state index in [1.165, 1.54) is 0 Å². The first-order valence-electron chi connectivity index (χ1n) is 1.28. The molecular weight excluding hydrogens is 68.0 g/mol. The lowest BCUT2D eigenvalue weighted by atomic mass is 11.3. The molecule has 1 heterocycles. The quantitative estimate of drug-likeness (QED) is 0.413. The van der Waals surface area contributed by atoms with E-state index in [0.29, 0.717) is 6.73 Å². The maximum Gasteiger partial charge on any atom is 0.192 e. The Morgan fingerprint density at radius 3 is 3.20 bits per heavy atom. The molecule has 3 heteroatoms. The van der Waals surface area contributed by atoms with Crippen LogP contribution in [0.4, 0.5) is 0 Å². The Balaban J connectivity index is 2.32. The van der Waals surface area contributed by atoms with Gasteiger partial charge in [-0.25, -0.2) is 10.5 Å². The van der Waals surface area contributed by atoms with Crippen LogP contribution in [0.2, 0.25) is 0 Å². The van der Waals surface area contributed by atoms with Gasteiger partial charge >= 0.3 is 0 Å². The molecule has 1 rings (SSSR count). The second-order valence-electron chi connectivity index (χ2n) is 0.645. The molecule has 1 aliphatic heterocycles. The second kappa shape index (κ2) is 1.03. The number of aliphatic imine (C=N–C) groups is 1. The van der Waals surface area contributed by atoms with Gasteiger partial charge < -0.3 is 0 Å². The van der Waals surface area contributed by atoms with Gasteiger partial charge in [-0.2, -0.15) is 0 Å². The van der Waals surface area contributed by atoms with Crippen LogP contribution in [-0.4, -0.2) is 13.1 Å². The van der Waals surface area contributed by atoms with Gasteiger partial charge in [0.25, 0.3) is 0 Å². The summed E-state index contributed by atoms with van der Waals surface area (Å²) in [6.07, 6.45) is 2.38. The van der Waals surface area contributed by atoms with E-state index in [-0.39, 0.29) is 0 Å². The summed E-state index contributed by atoms with van der Waals surface area (Å²) in [5, 5.41) is 0. The molecule has 0 aromatic heterocycles. The monoisotopic (exact) mass is 71.0 g/mol. The molecule has 5 heavy (non-hydrogen) atoms. The molecule has 0 atom stereocenters. The third-order valence-corrected chi connectivity index (χ3v) is 0.326. The summed E-state index contributed by atoms with van der Waals surface area (Å²) in [4.78, 5) is 7.92. The highest BCUT2D eigenvalue weighted by atomic mass is 16.7. The third-order valence-electron chi connectivity index (χ3n) is 0.326. The molecule has 0 bridgehead atoms. The van der Waals surface area contributed by atoms with E-state index in [1.54, 1.807) is 0 Å². The van der Waals surface area contributed by atoms with Crippen molar-refractivity contribution in [3.8, 4) is 0 Å². The van der Waals surface area contributed by atoms with Gasteiger partial charge in [-0.3, -0.25) is 4.84 Å². The summed E-state index contributed by atoms with van der Waals surface area (Å²) >= 11 is 0. The van der Waals surface area contributed by atoms with Gasteiger partial charge in [0, 0.05) is 0 Å². The van der Waals surface area contributed by atoms with Gasteiger partial charge in [-0.05, 0) is 0 Å². The minimum absolute atomic E-state index is 0.403. The average molecular weight is 71.1 g/mol. The van der Waals surface area contributed by atoms with Crippen molar-refractivity contribution >= 4 is 6.34 Å². The van der Waals surface area contributed by atoms with Crippen LogP contribution in [0.15, 0.2) is 4.99 Å². The number of rotatable bonds is 0. The molecule has 0 saturated heterocycles. The summed E-state index contributed by atoms with van der Waals surface area (Å²) in [5.74, 6) is 0. The van der Waals surface area contributed by atoms with E-state index in [0.717, 1.165) is 0 Å². The molecule has 0 aromatic carbocycles. The molecule has 0 aromatic rings. The van der Waals surface area contributed by atoms with Crippen LogP contribution in [0.1, 0.15) is 0 Å². The van der Waals surface area contributed by atoms with E-state index in [2.05, 4.69) is 21.6 Å². The standard InChI is InChI=1S/C2H3N2O/c1-3-2-5-4-1/h2H2,(H,3,4). The lowest BCUT2D eigenvalue weighted by Crippen LogP contribution is -2.01. The minimum Gasteiger partial charge on any atom is -0.251 e. The van der Waals surface area contributed by atoms with Gasteiger partial charge in [0.2, 0.25) is 0 Å². The normalized spacial score (nSPS) is 19.2. The number of nitrogens with zero attached hydrogens (tertiary/aromatic N) is 1. The van der Waals surface area contributed by atoms with E-state index in [9.17, 15) is 0 Å². The molecule has 1 radical (unpaired) electrons. The van der Waals surface area contributed by atoms with Crippen molar-refractivity contribution in [3.05, 3.63) is 0 Å². The summed E-state index contributed by atoms with van der Waals surface area (Å²) in [7, 11) is 0. The first-order chi connectivity index (χ1) is 2.50. The molecule has 0 unspecified atom stereocenters. The van der Waals surface area contributed by atoms with E-state index in [4.69, 9.17) is 0 Å². The summed E-state index contributed by atoms with van der Waals surface area (Å²) < 4.78 is 0. The minimum atomic E-state index is 0.403. The van der Waals surface area contributed by atoms with E-state index < -0.39 is 0 Å². The van der Waals surface area contributed by atoms with Gasteiger partial charge in [-0.1, -0.05) is 0 Å². The van der Waals surface area contributed by atoms with Crippen LogP contribution in [-0.2, 0) is 4.84 Å². The van der Waals surface area contributed by atoms with Crippen LogP contribution in [0, 0.1) is 0 Å². The predicted octanol–water partition coefficient (Wildman–Crippen LogP) is -0.616. The molecule has 0 spiro atoms. The number of hydrogen-bond donors (Lipinski definition) is 1. The van der Waals surface area contributed by atoms with Crippen LogP contribution >= 0.6 is 0 Å². The number of hydrogen-bond acceptors (Lipinski definition) is 3. The van der Waals surface area contributed by atoms with E-state index in [1.807, 2.05) is 0 Å². The predicted molar refractivity (Wildman–Crippen MR) is 16.5 cm³/mol. The first-order valence-corrected chi connectivity index (χ1v) is 1.28. The van der Waals surface area contributed by atoms with Crippen molar-refractivity contribution in [1.29, 1.82) is 0 Å². The zero-order valence-electron chi connectivity index (χ0n) is 2.56. The Labute approximate surface area is 29.6 Å².